The number of anilines is 2. The Morgan fingerprint density at radius 3 is 2.65 bits per heavy atom. The third kappa shape index (κ3) is 3.39. The van der Waals surface area contributed by atoms with Gasteiger partial charge in [-0.3, -0.25) is 4.79 Å². The molecule has 7 heteroatoms. The van der Waals surface area contributed by atoms with Crippen LogP contribution in [0.2, 0.25) is 0 Å². The van der Waals surface area contributed by atoms with Crippen LogP contribution in [0.3, 0.4) is 0 Å². The second-order valence-corrected chi connectivity index (χ2v) is 5.96. The molecule has 1 aromatic heterocycles. The predicted molar refractivity (Wildman–Crippen MR) is 96.1 cm³/mol. The van der Waals surface area contributed by atoms with Crippen molar-refractivity contribution in [2.24, 2.45) is 7.05 Å². The van der Waals surface area contributed by atoms with E-state index in [-0.39, 0.29) is 35.7 Å². The number of nitrogens with zero attached hydrogens (tertiary/aromatic N) is 1. The Morgan fingerprint density at radius 2 is 1.96 bits per heavy atom. The molecular formula is C19H18F2N2O3. The maximum absolute atomic E-state index is 14.2. The maximum Gasteiger partial charge on any atom is 0.233 e. The topological polar surface area (TPSA) is 63.5 Å². The van der Waals surface area contributed by atoms with Gasteiger partial charge in [0.25, 0.3) is 0 Å². The van der Waals surface area contributed by atoms with Gasteiger partial charge >= 0.3 is 0 Å². The average Bonchev–Trinajstić information content (AvgIpc) is 2.59. The zero-order chi connectivity index (χ0) is 18.8. The van der Waals surface area contributed by atoms with E-state index in [0.29, 0.717) is 5.52 Å². The average molecular weight is 360 g/mol. The van der Waals surface area contributed by atoms with Crippen LogP contribution in [0.15, 0.2) is 41.3 Å². The summed E-state index contributed by atoms with van der Waals surface area (Å²) in [5.74, 6) is -1.05. The zero-order valence-corrected chi connectivity index (χ0v) is 14.3. The molecule has 2 aromatic carbocycles. The van der Waals surface area contributed by atoms with Crippen LogP contribution < -0.4 is 15.5 Å². The first kappa shape index (κ1) is 17.9. The van der Waals surface area contributed by atoms with Crippen molar-refractivity contribution in [2.45, 2.75) is 6.92 Å². The molecule has 0 atom stereocenters. The van der Waals surface area contributed by atoms with Crippen molar-refractivity contribution < 1.29 is 18.6 Å². The van der Waals surface area contributed by atoms with Crippen LogP contribution in [-0.2, 0) is 7.05 Å². The number of ether oxygens (including phenoxy) is 1. The number of aliphatic hydroxyl groups excluding tert-OH is 1. The lowest BCUT2D eigenvalue weighted by Gasteiger charge is -2.15. The number of aromatic nitrogens is 1. The molecule has 0 radical (unpaired) electrons. The second-order valence-electron chi connectivity index (χ2n) is 5.96. The minimum absolute atomic E-state index is 0.0214. The Balaban J connectivity index is 2.20. The van der Waals surface area contributed by atoms with Gasteiger partial charge in [-0.05, 0) is 36.8 Å². The number of halogens is 2. The van der Waals surface area contributed by atoms with Crippen molar-refractivity contribution in [1.29, 1.82) is 0 Å². The van der Waals surface area contributed by atoms with Crippen LogP contribution in [0.25, 0.3) is 10.9 Å². The van der Waals surface area contributed by atoms with Gasteiger partial charge in [0.2, 0.25) is 5.43 Å². The minimum atomic E-state index is -0.563. The third-order valence-electron chi connectivity index (χ3n) is 3.97. The van der Waals surface area contributed by atoms with E-state index in [0.717, 1.165) is 11.6 Å². The maximum atomic E-state index is 14.2. The molecule has 0 aliphatic heterocycles. The van der Waals surface area contributed by atoms with Crippen molar-refractivity contribution in [3.05, 3.63) is 63.9 Å². The first-order chi connectivity index (χ1) is 12.4. The van der Waals surface area contributed by atoms with E-state index in [1.165, 1.54) is 24.4 Å². The summed E-state index contributed by atoms with van der Waals surface area (Å²) in [7, 11) is 1.64. The van der Waals surface area contributed by atoms with Crippen LogP contribution in [0, 0.1) is 18.6 Å². The quantitative estimate of drug-likeness (QED) is 0.733. The summed E-state index contributed by atoms with van der Waals surface area (Å²) in [5, 5.41) is 11.9. The molecule has 1 heterocycles. The van der Waals surface area contributed by atoms with E-state index in [4.69, 9.17) is 9.84 Å². The molecule has 3 rings (SSSR count). The van der Waals surface area contributed by atoms with Crippen LogP contribution in [0.1, 0.15) is 5.56 Å². The summed E-state index contributed by atoms with van der Waals surface area (Å²) in [6.45, 7) is 1.46. The molecule has 0 aliphatic rings. The highest BCUT2D eigenvalue weighted by Gasteiger charge is 2.15. The number of aliphatic hydroxyl groups is 1. The predicted octanol–water partition coefficient (Wildman–Crippen LogP) is 3.24. The molecule has 3 aromatic rings. The van der Waals surface area contributed by atoms with E-state index >= 15 is 0 Å². The standard InChI is InChI=1S/C19H18F2N2O3/c1-11-3-4-14(13(21)7-11)22-15-8-12(20)9-16-18(15)19(25)17(10-23(16)2)26-6-5-24/h3-4,7-10,22,24H,5-6H2,1-2H3. The molecule has 0 spiro atoms. The number of pyridine rings is 1. The highest BCUT2D eigenvalue weighted by molar-refractivity contribution is 5.94. The van der Waals surface area contributed by atoms with Gasteiger partial charge in [0.1, 0.15) is 18.2 Å². The van der Waals surface area contributed by atoms with E-state index < -0.39 is 17.1 Å². The molecule has 0 unspecified atom stereocenters. The molecule has 26 heavy (non-hydrogen) atoms. The smallest absolute Gasteiger partial charge is 0.233 e. The van der Waals surface area contributed by atoms with Gasteiger partial charge in [-0.2, -0.15) is 0 Å². The first-order valence-electron chi connectivity index (χ1n) is 8.00. The van der Waals surface area contributed by atoms with Gasteiger partial charge in [0, 0.05) is 7.05 Å². The summed E-state index contributed by atoms with van der Waals surface area (Å²) in [4.78, 5) is 12.8. The monoisotopic (exact) mass is 360 g/mol. The summed E-state index contributed by atoms with van der Waals surface area (Å²) in [5.41, 5.74) is 0.875. The van der Waals surface area contributed by atoms with Crippen molar-refractivity contribution in [2.75, 3.05) is 18.5 Å². The summed E-state index contributed by atoms with van der Waals surface area (Å²) in [6.07, 6.45) is 1.43. The lowest BCUT2D eigenvalue weighted by atomic mass is 10.1. The fourth-order valence-corrected chi connectivity index (χ4v) is 2.76. The van der Waals surface area contributed by atoms with Gasteiger partial charge in [-0.1, -0.05) is 6.07 Å². The molecule has 0 saturated carbocycles. The van der Waals surface area contributed by atoms with Crippen LogP contribution >= 0.6 is 0 Å². The fraction of sp³-hybridized carbons (Fsp3) is 0.211. The molecule has 2 N–H and O–H groups in total. The molecule has 5 nitrogen and oxygen atoms in total. The van der Waals surface area contributed by atoms with Crippen LogP contribution in [0.4, 0.5) is 20.2 Å². The molecule has 0 saturated heterocycles. The number of fused-ring (bicyclic) bond motifs is 1. The second kappa shape index (κ2) is 7.13. The van der Waals surface area contributed by atoms with Gasteiger partial charge in [-0.25, -0.2) is 8.78 Å². The van der Waals surface area contributed by atoms with Gasteiger partial charge in [0.05, 0.1) is 35.1 Å². The van der Waals surface area contributed by atoms with Gasteiger partial charge < -0.3 is 19.7 Å². The number of benzene rings is 2. The molecule has 0 aliphatic carbocycles. The van der Waals surface area contributed by atoms with Crippen molar-refractivity contribution in [1.82, 2.24) is 4.57 Å². The molecule has 136 valence electrons. The summed E-state index contributed by atoms with van der Waals surface area (Å²) in [6, 6.07) is 6.94. The lowest BCUT2D eigenvalue weighted by Crippen LogP contribution is -2.15. The van der Waals surface area contributed by atoms with E-state index in [1.807, 2.05) is 0 Å². The van der Waals surface area contributed by atoms with Crippen LogP contribution in [-0.4, -0.2) is 22.9 Å². The highest BCUT2D eigenvalue weighted by atomic mass is 19.1. The number of hydrogen-bond donors (Lipinski definition) is 2. The van der Waals surface area contributed by atoms with E-state index in [2.05, 4.69) is 5.32 Å². The Bertz CT molecular complexity index is 1030. The van der Waals surface area contributed by atoms with Crippen LogP contribution in [0.5, 0.6) is 5.75 Å². The Labute approximate surface area is 148 Å². The largest absolute Gasteiger partial charge is 0.486 e. The summed E-state index contributed by atoms with van der Waals surface area (Å²) < 4.78 is 35.1. The Morgan fingerprint density at radius 1 is 1.19 bits per heavy atom. The minimum Gasteiger partial charge on any atom is -0.486 e. The van der Waals surface area contributed by atoms with Crippen molar-refractivity contribution in [3.8, 4) is 5.75 Å². The number of aryl methyl sites for hydroxylation is 2. The first-order valence-corrected chi connectivity index (χ1v) is 8.00. The SMILES string of the molecule is Cc1ccc(Nc2cc(F)cc3c2c(=O)c(OCCO)cn3C)c(F)c1. The normalized spacial score (nSPS) is 11.0. The fourth-order valence-electron chi connectivity index (χ4n) is 2.76. The van der Waals surface area contributed by atoms with Gasteiger partial charge in [-0.15, -0.1) is 0 Å². The lowest BCUT2D eigenvalue weighted by molar-refractivity contribution is 0.200. The zero-order valence-electron chi connectivity index (χ0n) is 14.3. The summed E-state index contributed by atoms with van der Waals surface area (Å²) >= 11 is 0. The molecule has 0 bridgehead atoms. The molecule has 0 fully saturated rings. The van der Waals surface area contributed by atoms with Crippen molar-refractivity contribution >= 4 is 22.3 Å². The molecule has 0 amide bonds. The number of nitrogens with one attached hydrogen (secondary N) is 1. The van der Waals surface area contributed by atoms with Crippen molar-refractivity contribution in [3.63, 3.8) is 0 Å². The van der Waals surface area contributed by atoms with E-state index in [1.54, 1.807) is 24.6 Å². The Kier molecular flexibility index (Phi) is 4.90. The Hall–Kier alpha value is -2.93. The third-order valence-corrected chi connectivity index (χ3v) is 3.97. The highest BCUT2D eigenvalue weighted by Crippen LogP contribution is 2.28. The number of hydrogen-bond acceptors (Lipinski definition) is 4. The van der Waals surface area contributed by atoms with Gasteiger partial charge in [0.15, 0.2) is 5.75 Å². The van der Waals surface area contributed by atoms with E-state index in [9.17, 15) is 13.6 Å². The number of rotatable bonds is 5. The molecular weight excluding hydrogens is 342 g/mol.